The minimum absolute atomic E-state index is 0.199. The number of carbonyl (C=O) groups is 1. The van der Waals surface area contributed by atoms with Gasteiger partial charge in [0.25, 0.3) is 0 Å². The van der Waals surface area contributed by atoms with Crippen LogP contribution in [-0.4, -0.2) is 64.2 Å². The Morgan fingerprint density at radius 2 is 1.77 bits per heavy atom. The lowest BCUT2D eigenvalue weighted by atomic mass is 10.2. The van der Waals surface area contributed by atoms with E-state index in [1.807, 2.05) is 48.9 Å². The van der Waals surface area contributed by atoms with E-state index in [1.165, 1.54) is 0 Å². The average Bonchev–Trinajstić information content (AvgIpc) is 3.23. The lowest BCUT2D eigenvalue weighted by Crippen LogP contribution is -2.50. The first-order chi connectivity index (χ1) is 17.0. The Hall–Kier alpha value is -3.85. The molecule has 1 aliphatic heterocycles. The molecule has 2 amide bonds. The van der Waals surface area contributed by atoms with Crippen LogP contribution < -0.4 is 15.0 Å². The molecular weight excluding hydrogens is 466 g/mol. The van der Waals surface area contributed by atoms with Crippen molar-refractivity contribution in [2.75, 3.05) is 43.5 Å². The third kappa shape index (κ3) is 4.35. The van der Waals surface area contributed by atoms with Crippen LogP contribution in [0.3, 0.4) is 0 Å². The number of amides is 2. The van der Waals surface area contributed by atoms with Gasteiger partial charge in [0.2, 0.25) is 0 Å². The van der Waals surface area contributed by atoms with Gasteiger partial charge in [0, 0.05) is 31.2 Å². The molecule has 5 rings (SSSR count). The zero-order valence-electron chi connectivity index (χ0n) is 19.8. The predicted octanol–water partition coefficient (Wildman–Crippen LogP) is 4.45. The third-order valence-corrected chi connectivity index (χ3v) is 6.49. The lowest BCUT2D eigenvalue weighted by molar-refractivity contribution is 0.208. The van der Waals surface area contributed by atoms with Gasteiger partial charge in [0.1, 0.15) is 11.3 Å². The minimum Gasteiger partial charge on any atom is -0.495 e. The molecule has 3 heterocycles. The Morgan fingerprint density at radius 3 is 2.49 bits per heavy atom. The fourth-order valence-electron chi connectivity index (χ4n) is 4.44. The topological polar surface area (TPSA) is 88.4 Å². The van der Waals surface area contributed by atoms with E-state index >= 15 is 0 Å². The molecule has 0 aliphatic carbocycles. The van der Waals surface area contributed by atoms with Crippen LogP contribution in [0.4, 0.5) is 16.3 Å². The Kier molecular flexibility index (Phi) is 6.17. The van der Waals surface area contributed by atoms with Crippen molar-refractivity contribution in [2.24, 2.45) is 0 Å². The molecule has 10 heteroatoms. The normalized spacial score (nSPS) is 13.8. The van der Waals surface area contributed by atoms with Gasteiger partial charge in [0.05, 0.1) is 35.3 Å². The largest absolute Gasteiger partial charge is 0.495 e. The molecular formula is C25H26ClN7O2. The molecule has 2 aromatic carbocycles. The molecule has 2 aromatic heterocycles. The second-order valence-corrected chi connectivity index (χ2v) is 8.85. The number of benzene rings is 2. The van der Waals surface area contributed by atoms with Gasteiger partial charge in [-0.3, -0.25) is 0 Å². The number of urea groups is 1. The maximum atomic E-state index is 12.9. The number of hydrogen-bond acceptors (Lipinski definition) is 6. The van der Waals surface area contributed by atoms with Crippen LogP contribution in [0.15, 0.2) is 48.5 Å². The summed E-state index contributed by atoms with van der Waals surface area (Å²) < 4.78 is 7.27. The molecule has 0 bridgehead atoms. The summed E-state index contributed by atoms with van der Waals surface area (Å²) in [7, 11) is 1.56. The van der Waals surface area contributed by atoms with Crippen molar-refractivity contribution in [1.29, 1.82) is 0 Å². The molecule has 0 saturated carbocycles. The summed E-state index contributed by atoms with van der Waals surface area (Å²) in [6, 6.07) is 15.0. The number of anilines is 2. The number of aryl methyl sites for hydroxylation is 2. The highest BCUT2D eigenvalue weighted by Crippen LogP contribution is 2.31. The van der Waals surface area contributed by atoms with E-state index in [-0.39, 0.29) is 6.03 Å². The summed E-state index contributed by atoms with van der Waals surface area (Å²) in [5.41, 5.74) is 4.22. The zero-order chi connectivity index (χ0) is 24.5. The molecule has 1 fully saturated rings. The van der Waals surface area contributed by atoms with Gasteiger partial charge in [-0.05, 0) is 44.2 Å². The fourth-order valence-corrected chi connectivity index (χ4v) is 4.61. The Morgan fingerprint density at radius 1 is 1.03 bits per heavy atom. The number of ether oxygens (including phenoxy) is 1. The lowest BCUT2D eigenvalue weighted by Gasteiger charge is -2.35. The van der Waals surface area contributed by atoms with E-state index in [4.69, 9.17) is 21.4 Å². The number of piperazine rings is 1. The maximum absolute atomic E-state index is 12.9. The second kappa shape index (κ2) is 9.42. The molecule has 180 valence electrons. The highest BCUT2D eigenvalue weighted by atomic mass is 35.5. The number of aromatic nitrogens is 4. The second-order valence-electron chi connectivity index (χ2n) is 8.41. The summed E-state index contributed by atoms with van der Waals surface area (Å²) in [4.78, 5) is 16.8. The van der Waals surface area contributed by atoms with Gasteiger partial charge < -0.3 is 19.9 Å². The number of methoxy groups -OCH3 is 1. The Balaban J connectivity index is 1.35. The van der Waals surface area contributed by atoms with Crippen molar-refractivity contribution in [3.63, 3.8) is 0 Å². The SMILES string of the molecule is COc1ccc(Cl)cc1NC(=O)N1CCN(c2nnc(C)c3c(C)n(-c4ccccc4)nc23)CC1. The fraction of sp³-hybridized carbons (Fsp3) is 0.280. The first-order valence-corrected chi connectivity index (χ1v) is 11.8. The molecule has 35 heavy (non-hydrogen) atoms. The van der Waals surface area contributed by atoms with Gasteiger partial charge in [-0.25, -0.2) is 9.48 Å². The monoisotopic (exact) mass is 491 g/mol. The number of fused-ring (bicyclic) bond motifs is 1. The minimum atomic E-state index is -0.199. The molecule has 1 saturated heterocycles. The van der Waals surface area contributed by atoms with Crippen LogP contribution >= 0.6 is 11.6 Å². The first kappa shape index (κ1) is 22.9. The summed E-state index contributed by atoms with van der Waals surface area (Å²) in [5, 5.41) is 18.3. The van der Waals surface area contributed by atoms with E-state index in [0.29, 0.717) is 42.6 Å². The van der Waals surface area contributed by atoms with E-state index in [1.54, 1.807) is 30.2 Å². The van der Waals surface area contributed by atoms with E-state index in [0.717, 1.165) is 33.8 Å². The Bertz CT molecular complexity index is 1380. The van der Waals surface area contributed by atoms with Crippen LogP contribution in [0, 0.1) is 13.8 Å². The number of halogens is 1. The van der Waals surface area contributed by atoms with Crippen molar-refractivity contribution < 1.29 is 9.53 Å². The summed E-state index contributed by atoms with van der Waals surface area (Å²) in [5.74, 6) is 1.29. The highest BCUT2D eigenvalue weighted by molar-refractivity contribution is 6.31. The van der Waals surface area contributed by atoms with Crippen LogP contribution in [0.2, 0.25) is 5.02 Å². The number of rotatable bonds is 4. The molecule has 1 aliphatic rings. The zero-order valence-corrected chi connectivity index (χ0v) is 20.6. The van der Waals surface area contributed by atoms with Crippen LogP contribution in [0.1, 0.15) is 11.4 Å². The standard InChI is InChI=1S/C25H26ClN7O2/c1-16-22-17(2)33(19-7-5-4-6-8-19)30-23(22)24(29-28-16)31-11-13-32(14-12-31)25(34)27-20-15-18(26)9-10-21(20)35-3/h4-10,15H,11-14H2,1-3H3,(H,27,34). The molecule has 0 radical (unpaired) electrons. The highest BCUT2D eigenvalue weighted by Gasteiger charge is 2.26. The summed E-state index contributed by atoms with van der Waals surface area (Å²) in [6.07, 6.45) is 0. The van der Waals surface area contributed by atoms with E-state index < -0.39 is 0 Å². The van der Waals surface area contributed by atoms with Crippen molar-refractivity contribution in [1.82, 2.24) is 24.9 Å². The van der Waals surface area contributed by atoms with Crippen molar-refractivity contribution in [2.45, 2.75) is 13.8 Å². The number of hydrogen-bond donors (Lipinski definition) is 1. The number of carbonyl (C=O) groups excluding carboxylic acids is 1. The first-order valence-electron chi connectivity index (χ1n) is 11.4. The molecule has 4 aromatic rings. The Labute approximate surface area is 208 Å². The van der Waals surface area contributed by atoms with Gasteiger partial charge >= 0.3 is 6.03 Å². The number of nitrogens with one attached hydrogen (secondary N) is 1. The smallest absolute Gasteiger partial charge is 0.322 e. The quantitative estimate of drug-likeness (QED) is 0.454. The number of nitrogens with zero attached hydrogens (tertiary/aromatic N) is 6. The van der Waals surface area contributed by atoms with Crippen molar-refractivity contribution in [3.05, 3.63) is 64.9 Å². The summed E-state index contributed by atoms with van der Waals surface area (Å²) >= 11 is 6.09. The number of para-hydroxylation sites is 1. The molecule has 0 unspecified atom stereocenters. The van der Waals surface area contributed by atoms with Gasteiger partial charge in [0.15, 0.2) is 5.82 Å². The van der Waals surface area contributed by atoms with Crippen LogP contribution in [-0.2, 0) is 0 Å². The van der Waals surface area contributed by atoms with Crippen molar-refractivity contribution >= 4 is 40.0 Å². The molecule has 0 spiro atoms. The van der Waals surface area contributed by atoms with Gasteiger partial charge in [-0.15, -0.1) is 5.10 Å². The van der Waals surface area contributed by atoms with Crippen LogP contribution in [0.25, 0.3) is 16.6 Å². The molecule has 9 nitrogen and oxygen atoms in total. The summed E-state index contributed by atoms with van der Waals surface area (Å²) in [6.45, 7) is 6.30. The van der Waals surface area contributed by atoms with E-state index in [2.05, 4.69) is 20.4 Å². The average molecular weight is 492 g/mol. The third-order valence-electron chi connectivity index (χ3n) is 6.25. The van der Waals surface area contributed by atoms with Gasteiger partial charge in [-0.2, -0.15) is 10.2 Å². The predicted molar refractivity (Wildman–Crippen MR) is 137 cm³/mol. The maximum Gasteiger partial charge on any atom is 0.322 e. The van der Waals surface area contributed by atoms with Crippen molar-refractivity contribution in [3.8, 4) is 11.4 Å². The molecule has 1 N–H and O–H groups in total. The molecule has 0 atom stereocenters. The van der Waals surface area contributed by atoms with Gasteiger partial charge in [-0.1, -0.05) is 29.8 Å². The van der Waals surface area contributed by atoms with Crippen LogP contribution in [0.5, 0.6) is 5.75 Å². The van der Waals surface area contributed by atoms with E-state index in [9.17, 15) is 4.79 Å².